The van der Waals surface area contributed by atoms with Crippen LogP contribution in [0.4, 0.5) is 0 Å². The third-order valence-corrected chi connectivity index (χ3v) is 5.05. The van der Waals surface area contributed by atoms with Crippen LogP contribution >= 0.6 is 11.6 Å². The van der Waals surface area contributed by atoms with E-state index in [9.17, 15) is 13.8 Å². The third kappa shape index (κ3) is 5.48. The molecule has 1 aliphatic rings. The van der Waals surface area contributed by atoms with Gasteiger partial charge in [-0.1, -0.05) is 48.4 Å². The highest BCUT2D eigenvalue weighted by molar-refractivity contribution is 7.89. The first-order valence-corrected chi connectivity index (χ1v) is 8.86. The van der Waals surface area contributed by atoms with E-state index in [0.29, 0.717) is 25.8 Å². The van der Waals surface area contributed by atoms with Crippen LogP contribution in [0, 0.1) is 0 Å². The summed E-state index contributed by atoms with van der Waals surface area (Å²) >= 11 is 5.66. The van der Waals surface area contributed by atoms with Crippen molar-refractivity contribution in [3.8, 4) is 0 Å². The Morgan fingerprint density at radius 2 is 1.91 bits per heavy atom. The van der Waals surface area contributed by atoms with E-state index in [1.165, 1.54) is 10.4 Å². The number of carbonyl (C=O) groups excluding carboxylic acids is 2. The summed E-state index contributed by atoms with van der Waals surface area (Å²) in [6.07, 6.45) is 3.60. The van der Waals surface area contributed by atoms with Gasteiger partial charge in [0.15, 0.2) is 11.0 Å². The summed E-state index contributed by atoms with van der Waals surface area (Å²) in [5.74, 6) is -0.560. The van der Waals surface area contributed by atoms with Gasteiger partial charge in [0.2, 0.25) is 0 Å². The highest BCUT2D eigenvalue weighted by Crippen LogP contribution is 2.21. The number of hydrogen-bond acceptors (Lipinski definition) is 4. The second-order valence-electron chi connectivity index (χ2n) is 5.09. The smallest absolute Gasteiger partial charge is 0.306 e. The molecule has 0 aromatic heterocycles. The summed E-state index contributed by atoms with van der Waals surface area (Å²) in [6.45, 7) is 0.655. The van der Waals surface area contributed by atoms with E-state index in [4.69, 9.17) is 16.3 Å². The maximum Gasteiger partial charge on any atom is 0.306 e. The van der Waals surface area contributed by atoms with Crippen molar-refractivity contribution in [2.24, 2.45) is 0 Å². The predicted molar refractivity (Wildman–Crippen MR) is 88.5 cm³/mol. The van der Waals surface area contributed by atoms with Crippen molar-refractivity contribution in [2.75, 3.05) is 6.54 Å². The van der Waals surface area contributed by atoms with Crippen LogP contribution in [-0.2, 0) is 31.9 Å². The fourth-order valence-electron chi connectivity index (χ4n) is 2.11. The molecule has 0 bridgehead atoms. The lowest BCUT2D eigenvalue weighted by atomic mass is 10.2. The van der Waals surface area contributed by atoms with Crippen molar-refractivity contribution in [1.82, 2.24) is 4.31 Å². The molecule has 1 aliphatic heterocycles. The van der Waals surface area contributed by atoms with Crippen LogP contribution in [0.25, 0.3) is 0 Å². The van der Waals surface area contributed by atoms with E-state index < -0.39 is 11.0 Å². The number of ether oxygens (including phenoxy) is 1. The SMILES string of the molecule is O=C(CCCCCN1C(=O)C=C(Cl)S1=O)OCc1ccccc1. The van der Waals surface area contributed by atoms with Crippen LogP contribution in [0.5, 0.6) is 0 Å². The Labute approximate surface area is 142 Å². The van der Waals surface area contributed by atoms with Gasteiger partial charge in [-0.15, -0.1) is 0 Å². The number of hydrogen-bond donors (Lipinski definition) is 0. The van der Waals surface area contributed by atoms with Crippen LogP contribution in [0.15, 0.2) is 40.8 Å². The molecule has 5 nitrogen and oxygen atoms in total. The quantitative estimate of drug-likeness (QED) is 0.531. The molecule has 1 aromatic carbocycles. The van der Waals surface area contributed by atoms with Crippen LogP contribution in [-0.4, -0.2) is 26.9 Å². The van der Waals surface area contributed by atoms with Crippen molar-refractivity contribution >= 4 is 34.5 Å². The summed E-state index contributed by atoms with van der Waals surface area (Å²) in [5, 5.41) is 0. The molecule has 0 radical (unpaired) electrons. The monoisotopic (exact) mass is 355 g/mol. The van der Waals surface area contributed by atoms with E-state index in [1.807, 2.05) is 30.3 Å². The number of rotatable bonds is 8. The predicted octanol–water partition coefficient (Wildman–Crippen LogP) is 2.88. The standard InChI is InChI=1S/C16H18ClNO4S/c17-14-11-15(19)18(23(14)21)10-6-2-5-9-16(20)22-12-13-7-3-1-4-8-13/h1,3-4,7-8,11H,2,5-6,9-10,12H2. The first-order chi connectivity index (χ1) is 11.1. The Hall–Kier alpha value is -1.66. The molecule has 0 fully saturated rings. The molecule has 1 unspecified atom stereocenters. The molecule has 7 heteroatoms. The van der Waals surface area contributed by atoms with Gasteiger partial charge >= 0.3 is 5.97 Å². The average Bonchev–Trinajstić information content (AvgIpc) is 2.79. The molecule has 2 rings (SSSR count). The van der Waals surface area contributed by atoms with E-state index in [0.717, 1.165) is 12.0 Å². The Kier molecular flexibility index (Phi) is 6.80. The molecular formula is C16H18ClNO4S. The molecular weight excluding hydrogens is 338 g/mol. The number of amides is 1. The Morgan fingerprint density at radius 1 is 1.17 bits per heavy atom. The summed E-state index contributed by atoms with van der Waals surface area (Å²) in [7, 11) is -1.56. The molecule has 0 aliphatic carbocycles. The number of benzene rings is 1. The fraction of sp³-hybridized carbons (Fsp3) is 0.375. The zero-order chi connectivity index (χ0) is 16.7. The Balaban J connectivity index is 1.56. The van der Waals surface area contributed by atoms with E-state index in [2.05, 4.69) is 0 Å². The van der Waals surface area contributed by atoms with E-state index in [1.54, 1.807) is 0 Å². The number of unbranched alkanes of at least 4 members (excludes halogenated alkanes) is 2. The van der Waals surface area contributed by atoms with Gasteiger partial charge < -0.3 is 4.74 Å². The normalized spacial score (nSPS) is 17.3. The van der Waals surface area contributed by atoms with Gasteiger partial charge in [0, 0.05) is 19.0 Å². The molecule has 0 N–H and O–H groups in total. The van der Waals surface area contributed by atoms with Crippen molar-refractivity contribution in [2.45, 2.75) is 32.3 Å². The summed E-state index contributed by atoms with van der Waals surface area (Å²) in [4.78, 5) is 23.1. The zero-order valence-corrected chi connectivity index (χ0v) is 14.1. The lowest BCUT2D eigenvalue weighted by molar-refractivity contribution is -0.145. The summed E-state index contributed by atoms with van der Waals surface area (Å²) in [6, 6.07) is 9.51. The number of esters is 1. The van der Waals surface area contributed by atoms with Crippen molar-refractivity contribution in [3.63, 3.8) is 0 Å². The lowest BCUT2D eigenvalue weighted by Crippen LogP contribution is -2.27. The van der Waals surface area contributed by atoms with Crippen molar-refractivity contribution in [3.05, 3.63) is 46.3 Å². The summed E-state index contributed by atoms with van der Waals surface area (Å²) in [5.41, 5.74) is 0.959. The highest BCUT2D eigenvalue weighted by Gasteiger charge is 2.27. The van der Waals surface area contributed by atoms with Gasteiger partial charge in [0.1, 0.15) is 11.0 Å². The topological polar surface area (TPSA) is 63.7 Å². The van der Waals surface area contributed by atoms with Crippen LogP contribution in [0.3, 0.4) is 0 Å². The maximum absolute atomic E-state index is 11.6. The lowest BCUT2D eigenvalue weighted by Gasteiger charge is -2.13. The minimum absolute atomic E-state index is 0.0690. The van der Waals surface area contributed by atoms with Crippen LogP contribution in [0.2, 0.25) is 0 Å². The maximum atomic E-state index is 11.6. The van der Waals surface area contributed by atoms with Crippen molar-refractivity contribution < 1.29 is 18.5 Å². The first-order valence-electron chi connectivity index (χ1n) is 7.38. The second kappa shape index (κ2) is 8.84. The molecule has 23 heavy (non-hydrogen) atoms. The molecule has 1 heterocycles. The number of halogens is 1. The molecule has 1 atom stereocenters. The van der Waals surface area contributed by atoms with E-state index in [-0.39, 0.29) is 22.8 Å². The van der Waals surface area contributed by atoms with Gasteiger partial charge in [-0.2, -0.15) is 0 Å². The molecule has 124 valence electrons. The molecule has 0 spiro atoms. The van der Waals surface area contributed by atoms with Crippen LogP contribution < -0.4 is 0 Å². The minimum Gasteiger partial charge on any atom is -0.461 e. The average molecular weight is 356 g/mol. The molecule has 0 saturated carbocycles. The van der Waals surface area contributed by atoms with E-state index >= 15 is 0 Å². The van der Waals surface area contributed by atoms with Gasteiger partial charge in [0.05, 0.1) is 0 Å². The molecule has 0 saturated heterocycles. The molecule has 1 amide bonds. The summed E-state index contributed by atoms with van der Waals surface area (Å²) < 4.78 is 18.1. The molecule has 1 aromatic rings. The van der Waals surface area contributed by atoms with Crippen LogP contribution in [0.1, 0.15) is 31.2 Å². The highest BCUT2D eigenvalue weighted by atomic mass is 35.5. The second-order valence-corrected chi connectivity index (χ2v) is 7.11. The first kappa shape index (κ1) is 17.7. The largest absolute Gasteiger partial charge is 0.461 e. The van der Waals surface area contributed by atoms with Gasteiger partial charge in [-0.25, -0.2) is 4.21 Å². The third-order valence-electron chi connectivity index (χ3n) is 3.33. The minimum atomic E-state index is -1.56. The Morgan fingerprint density at radius 3 is 2.57 bits per heavy atom. The van der Waals surface area contributed by atoms with Gasteiger partial charge in [0.25, 0.3) is 5.91 Å². The van der Waals surface area contributed by atoms with Gasteiger partial charge in [-0.05, 0) is 18.4 Å². The zero-order valence-electron chi connectivity index (χ0n) is 12.6. The number of carbonyl (C=O) groups is 2. The van der Waals surface area contributed by atoms with Crippen molar-refractivity contribution in [1.29, 1.82) is 0 Å². The van der Waals surface area contributed by atoms with Gasteiger partial charge in [-0.3, -0.25) is 13.9 Å². The fourth-order valence-corrected chi connectivity index (χ4v) is 3.38. The Bertz CT molecular complexity index is 618. The number of nitrogens with zero attached hydrogens (tertiary/aromatic N) is 1.